The van der Waals surface area contributed by atoms with Gasteiger partial charge < -0.3 is 23.9 Å². The zero-order valence-electron chi connectivity index (χ0n) is 21.9. The van der Waals surface area contributed by atoms with Crippen LogP contribution in [0, 0.1) is 0 Å². The van der Waals surface area contributed by atoms with E-state index in [2.05, 4.69) is 78.1 Å². The first-order chi connectivity index (χ1) is 19.2. The molecule has 0 saturated heterocycles. The average Bonchev–Trinajstić information content (AvgIpc) is 3.41. The predicted molar refractivity (Wildman–Crippen MR) is 157 cm³/mol. The molecule has 1 atom stereocenters. The van der Waals surface area contributed by atoms with Gasteiger partial charge in [-0.05, 0) is 24.3 Å². The van der Waals surface area contributed by atoms with E-state index in [4.69, 9.17) is 18.6 Å². The fourth-order valence-electron chi connectivity index (χ4n) is 5.74. The topological polar surface area (TPSA) is 52.9 Å². The smallest absolute Gasteiger partial charge is 0.178 e. The number of anilines is 1. The van der Waals surface area contributed by atoms with Crippen LogP contribution in [-0.2, 0) is 5.60 Å². The normalized spacial score (nSPS) is 16.3. The first kappa shape index (κ1) is 23.2. The Balaban J connectivity index is 1.58. The van der Waals surface area contributed by atoms with Gasteiger partial charge in [-0.25, -0.2) is 0 Å². The molecule has 2 heterocycles. The van der Waals surface area contributed by atoms with Crippen LogP contribution in [0.1, 0.15) is 16.7 Å². The third-order valence-corrected chi connectivity index (χ3v) is 7.67. The maximum atomic E-state index is 7.21. The molecule has 5 aromatic carbocycles. The van der Waals surface area contributed by atoms with E-state index in [1.54, 1.807) is 14.2 Å². The van der Waals surface area contributed by atoms with Crippen LogP contribution in [0.25, 0.3) is 38.8 Å². The second kappa shape index (κ2) is 8.84. The number of ether oxygens (including phenoxy) is 3. The average molecular weight is 514 g/mol. The summed E-state index contributed by atoms with van der Waals surface area (Å²) in [6.07, 6.45) is 4.33. The van der Waals surface area contributed by atoms with Gasteiger partial charge in [0.2, 0.25) is 0 Å². The molecule has 39 heavy (non-hydrogen) atoms. The van der Waals surface area contributed by atoms with Crippen molar-refractivity contribution in [2.24, 2.45) is 0 Å². The number of furan rings is 1. The van der Waals surface area contributed by atoms with Gasteiger partial charge in [0.1, 0.15) is 28.4 Å². The van der Waals surface area contributed by atoms with Crippen molar-refractivity contribution in [3.8, 4) is 17.2 Å². The van der Waals surface area contributed by atoms with Crippen molar-refractivity contribution in [2.45, 2.75) is 5.60 Å². The van der Waals surface area contributed by atoms with Crippen molar-refractivity contribution in [1.82, 2.24) is 0 Å². The van der Waals surface area contributed by atoms with Gasteiger partial charge in [0.05, 0.1) is 19.6 Å². The van der Waals surface area contributed by atoms with Gasteiger partial charge in [-0.1, -0.05) is 66.7 Å². The van der Waals surface area contributed by atoms with Gasteiger partial charge in [-0.3, -0.25) is 0 Å². The standard InChI is InChI=1S/C34H27NO4/c1-35-23-15-13-22(14-16-23)34(21-9-5-4-6-10-21)18-17-27-30-31-28(37-3)19-24(36-2)20-29(31)38-33(30)26-12-8-7-11-25(26)32(27)39-34/h4-20,35H,1-3H3. The van der Waals surface area contributed by atoms with Gasteiger partial charge in [0.25, 0.3) is 0 Å². The van der Waals surface area contributed by atoms with Crippen molar-refractivity contribution in [1.29, 1.82) is 0 Å². The molecule has 0 aliphatic carbocycles. The highest BCUT2D eigenvalue weighted by molar-refractivity contribution is 6.22. The molecular weight excluding hydrogens is 486 g/mol. The van der Waals surface area contributed by atoms with Crippen LogP contribution >= 0.6 is 0 Å². The molecule has 1 aliphatic rings. The summed E-state index contributed by atoms with van der Waals surface area (Å²) in [5, 5.41) is 7.04. The Morgan fingerprint density at radius 2 is 1.46 bits per heavy atom. The van der Waals surface area contributed by atoms with Crippen LogP contribution in [0.2, 0.25) is 0 Å². The zero-order valence-corrected chi connectivity index (χ0v) is 21.9. The van der Waals surface area contributed by atoms with Gasteiger partial charge in [-0.2, -0.15) is 0 Å². The SMILES string of the molecule is CNc1ccc(C2(c3ccccc3)C=Cc3c(c4ccccc4c4oc5cc(OC)cc(OC)c5c34)O2)cc1. The third-order valence-electron chi connectivity index (χ3n) is 7.67. The molecule has 0 spiro atoms. The van der Waals surface area contributed by atoms with Crippen LogP contribution in [0.15, 0.2) is 101 Å². The van der Waals surface area contributed by atoms with E-state index < -0.39 is 5.60 Å². The van der Waals surface area contributed by atoms with E-state index in [1.807, 2.05) is 37.4 Å². The highest BCUT2D eigenvalue weighted by atomic mass is 16.5. The number of hydrogen-bond acceptors (Lipinski definition) is 5. The van der Waals surface area contributed by atoms with Crippen LogP contribution in [0.4, 0.5) is 5.69 Å². The molecule has 0 radical (unpaired) electrons. The monoisotopic (exact) mass is 513 g/mol. The first-order valence-electron chi connectivity index (χ1n) is 12.9. The predicted octanol–water partition coefficient (Wildman–Crippen LogP) is 8.15. The number of hydrogen-bond donors (Lipinski definition) is 1. The molecule has 1 aromatic heterocycles. The van der Waals surface area contributed by atoms with Gasteiger partial charge >= 0.3 is 0 Å². The van der Waals surface area contributed by atoms with E-state index >= 15 is 0 Å². The fraction of sp³-hybridized carbons (Fsp3) is 0.118. The molecule has 0 bridgehead atoms. The van der Waals surface area contributed by atoms with Crippen molar-refractivity contribution >= 4 is 44.5 Å². The molecular formula is C34H27NO4. The summed E-state index contributed by atoms with van der Waals surface area (Å²) in [7, 11) is 5.23. The number of benzene rings is 5. The van der Waals surface area contributed by atoms with Gasteiger partial charge in [0, 0.05) is 57.7 Å². The lowest BCUT2D eigenvalue weighted by molar-refractivity contribution is 0.164. The molecule has 0 fully saturated rings. The Morgan fingerprint density at radius 1 is 0.744 bits per heavy atom. The summed E-state index contributed by atoms with van der Waals surface area (Å²) in [6.45, 7) is 0. The van der Waals surface area contributed by atoms with Gasteiger partial charge in [0.15, 0.2) is 5.60 Å². The molecule has 1 aliphatic heterocycles. The fourth-order valence-corrected chi connectivity index (χ4v) is 5.74. The summed E-state index contributed by atoms with van der Waals surface area (Å²) < 4.78 is 25.1. The molecule has 7 rings (SSSR count). The largest absolute Gasteiger partial charge is 0.496 e. The molecule has 1 unspecified atom stereocenters. The third kappa shape index (κ3) is 3.40. The number of methoxy groups -OCH3 is 2. The van der Waals surface area contributed by atoms with Crippen LogP contribution < -0.4 is 19.5 Å². The summed E-state index contributed by atoms with van der Waals surface area (Å²) in [6, 6.07) is 30.8. The molecule has 0 amide bonds. The second-order valence-electron chi connectivity index (χ2n) is 9.66. The Labute approximate surface area is 226 Å². The molecule has 0 saturated carbocycles. The van der Waals surface area contributed by atoms with E-state index in [9.17, 15) is 0 Å². The maximum Gasteiger partial charge on any atom is 0.178 e. The lowest BCUT2D eigenvalue weighted by atomic mass is 9.82. The van der Waals surface area contributed by atoms with E-state index in [0.717, 1.165) is 55.3 Å². The van der Waals surface area contributed by atoms with Gasteiger partial charge in [-0.15, -0.1) is 0 Å². The lowest BCUT2D eigenvalue weighted by Crippen LogP contribution is -2.34. The quantitative estimate of drug-likeness (QED) is 0.252. The summed E-state index contributed by atoms with van der Waals surface area (Å²) in [5.74, 6) is 2.18. The molecule has 6 aromatic rings. The van der Waals surface area contributed by atoms with Crippen molar-refractivity contribution in [2.75, 3.05) is 26.6 Å². The van der Waals surface area contributed by atoms with E-state index in [0.29, 0.717) is 17.1 Å². The maximum absolute atomic E-state index is 7.21. The van der Waals surface area contributed by atoms with Crippen molar-refractivity contribution < 1.29 is 18.6 Å². The van der Waals surface area contributed by atoms with Crippen LogP contribution in [-0.4, -0.2) is 21.3 Å². The molecule has 1 N–H and O–H groups in total. The Bertz CT molecular complexity index is 1890. The van der Waals surface area contributed by atoms with E-state index in [-0.39, 0.29) is 0 Å². The summed E-state index contributed by atoms with van der Waals surface area (Å²) in [4.78, 5) is 0. The van der Waals surface area contributed by atoms with Crippen LogP contribution in [0.5, 0.6) is 17.2 Å². The molecule has 5 heteroatoms. The highest BCUT2D eigenvalue weighted by Crippen LogP contribution is 2.51. The minimum absolute atomic E-state index is 0.677. The van der Waals surface area contributed by atoms with Crippen LogP contribution in [0.3, 0.4) is 0 Å². The minimum Gasteiger partial charge on any atom is -0.496 e. The zero-order chi connectivity index (χ0) is 26.6. The lowest BCUT2D eigenvalue weighted by Gasteiger charge is -2.37. The Morgan fingerprint density at radius 3 is 2.18 bits per heavy atom. The van der Waals surface area contributed by atoms with Crippen molar-refractivity contribution in [3.05, 3.63) is 114 Å². The Kier molecular flexibility index (Phi) is 5.27. The first-order valence-corrected chi connectivity index (χ1v) is 12.9. The summed E-state index contributed by atoms with van der Waals surface area (Å²) >= 11 is 0. The minimum atomic E-state index is -0.816. The number of fused-ring (bicyclic) bond motifs is 8. The Hall–Kier alpha value is -4.90. The summed E-state index contributed by atoms with van der Waals surface area (Å²) in [5.41, 5.74) is 4.78. The van der Waals surface area contributed by atoms with E-state index in [1.165, 1.54) is 0 Å². The molecule has 5 nitrogen and oxygen atoms in total. The highest BCUT2D eigenvalue weighted by Gasteiger charge is 2.39. The number of rotatable bonds is 5. The second-order valence-corrected chi connectivity index (χ2v) is 9.66. The number of nitrogens with one attached hydrogen (secondary N) is 1. The van der Waals surface area contributed by atoms with Crippen molar-refractivity contribution in [3.63, 3.8) is 0 Å². The molecule has 192 valence electrons.